The van der Waals surface area contributed by atoms with Gasteiger partial charge in [-0.3, -0.25) is 0 Å². The number of fused-ring (bicyclic) bond motifs is 1. The van der Waals surface area contributed by atoms with Crippen molar-refractivity contribution in [3.63, 3.8) is 0 Å². The van der Waals surface area contributed by atoms with E-state index < -0.39 is 0 Å². The molecule has 0 aliphatic rings. The Hall–Kier alpha value is -1.68. The van der Waals surface area contributed by atoms with Crippen LogP contribution in [-0.2, 0) is 13.6 Å². The van der Waals surface area contributed by atoms with Crippen LogP contribution in [0.25, 0.3) is 10.9 Å². The van der Waals surface area contributed by atoms with Crippen LogP contribution in [0.3, 0.4) is 0 Å². The number of methoxy groups -OCH3 is 2. The predicted molar refractivity (Wildman–Crippen MR) is 68.7 cm³/mol. The summed E-state index contributed by atoms with van der Waals surface area (Å²) in [5, 5.41) is 1.10. The summed E-state index contributed by atoms with van der Waals surface area (Å²) >= 11 is 0. The molecule has 2 rings (SSSR count). The Morgan fingerprint density at radius 2 is 1.94 bits per heavy atom. The Morgan fingerprint density at radius 1 is 1.24 bits per heavy atom. The van der Waals surface area contributed by atoms with E-state index in [0.717, 1.165) is 33.7 Å². The Balaban J connectivity index is 2.88. The number of aryl methyl sites for hydroxylation is 1. The van der Waals surface area contributed by atoms with Crippen LogP contribution in [0.15, 0.2) is 12.1 Å². The maximum Gasteiger partial charge on any atom is 0.146 e. The highest BCUT2D eigenvalue weighted by atomic mass is 16.5. The van der Waals surface area contributed by atoms with E-state index in [2.05, 4.69) is 11.5 Å². The molecule has 0 radical (unpaired) electrons. The van der Waals surface area contributed by atoms with Crippen molar-refractivity contribution in [2.45, 2.75) is 13.5 Å². The second-order valence-electron chi connectivity index (χ2n) is 4.05. The van der Waals surface area contributed by atoms with Gasteiger partial charge in [-0.05, 0) is 18.6 Å². The molecule has 0 fully saturated rings. The number of hydrogen-bond acceptors (Lipinski definition) is 3. The molecule has 4 heteroatoms. The first-order valence-electron chi connectivity index (χ1n) is 5.54. The number of aromatic nitrogens is 1. The zero-order valence-electron chi connectivity index (χ0n) is 10.7. The molecule has 2 aromatic rings. The van der Waals surface area contributed by atoms with E-state index in [-0.39, 0.29) is 0 Å². The highest BCUT2D eigenvalue weighted by Crippen LogP contribution is 2.35. The summed E-state index contributed by atoms with van der Waals surface area (Å²) < 4.78 is 12.8. The molecule has 92 valence electrons. The van der Waals surface area contributed by atoms with Crippen molar-refractivity contribution in [2.75, 3.05) is 14.2 Å². The second-order valence-corrected chi connectivity index (χ2v) is 4.05. The summed E-state index contributed by atoms with van der Waals surface area (Å²) in [5.41, 5.74) is 9.18. The first-order valence-corrected chi connectivity index (χ1v) is 5.54. The summed E-state index contributed by atoms with van der Waals surface area (Å²) in [6.45, 7) is 2.58. The number of rotatable bonds is 3. The fourth-order valence-corrected chi connectivity index (χ4v) is 2.25. The van der Waals surface area contributed by atoms with Gasteiger partial charge in [-0.15, -0.1) is 0 Å². The fraction of sp³-hybridized carbons (Fsp3) is 0.385. The average molecular weight is 234 g/mol. The van der Waals surface area contributed by atoms with Gasteiger partial charge in [0.25, 0.3) is 0 Å². The third-order valence-corrected chi connectivity index (χ3v) is 3.31. The molecule has 0 aliphatic carbocycles. The number of ether oxygens (including phenoxy) is 2. The maximum absolute atomic E-state index is 5.82. The maximum atomic E-state index is 5.82. The third kappa shape index (κ3) is 1.65. The van der Waals surface area contributed by atoms with Crippen LogP contribution in [0.4, 0.5) is 0 Å². The van der Waals surface area contributed by atoms with Gasteiger partial charge < -0.3 is 19.8 Å². The van der Waals surface area contributed by atoms with E-state index >= 15 is 0 Å². The summed E-state index contributed by atoms with van der Waals surface area (Å²) in [5.74, 6) is 1.60. The van der Waals surface area contributed by atoms with E-state index in [1.165, 1.54) is 0 Å². The molecule has 2 N–H and O–H groups in total. The first-order chi connectivity index (χ1) is 8.13. The zero-order chi connectivity index (χ0) is 12.6. The van der Waals surface area contributed by atoms with Gasteiger partial charge in [0.1, 0.15) is 11.5 Å². The minimum absolute atomic E-state index is 0.513. The van der Waals surface area contributed by atoms with Gasteiger partial charge in [-0.1, -0.05) is 0 Å². The van der Waals surface area contributed by atoms with Crippen LogP contribution in [0.5, 0.6) is 11.5 Å². The lowest BCUT2D eigenvalue weighted by Gasteiger charge is -2.08. The molecule has 1 aromatic heterocycles. The van der Waals surface area contributed by atoms with Crippen LogP contribution < -0.4 is 15.2 Å². The van der Waals surface area contributed by atoms with E-state index in [4.69, 9.17) is 15.2 Å². The summed E-state index contributed by atoms with van der Waals surface area (Å²) in [6.07, 6.45) is 0. The van der Waals surface area contributed by atoms with Gasteiger partial charge in [0.05, 0.1) is 19.7 Å². The van der Waals surface area contributed by atoms with Crippen LogP contribution in [0.1, 0.15) is 11.3 Å². The molecule has 0 saturated carbocycles. The quantitative estimate of drug-likeness (QED) is 0.883. The molecule has 0 aliphatic heterocycles. The third-order valence-electron chi connectivity index (χ3n) is 3.31. The van der Waals surface area contributed by atoms with E-state index in [9.17, 15) is 0 Å². The largest absolute Gasteiger partial charge is 0.497 e. The topological polar surface area (TPSA) is 49.4 Å². The lowest BCUT2D eigenvalue weighted by atomic mass is 10.1. The van der Waals surface area contributed by atoms with Crippen molar-refractivity contribution < 1.29 is 9.47 Å². The van der Waals surface area contributed by atoms with Crippen LogP contribution in [0, 0.1) is 6.92 Å². The van der Waals surface area contributed by atoms with Gasteiger partial charge in [-0.2, -0.15) is 0 Å². The molecule has 0 bridgehead atoms. The highest BCUT2D eigenvalue weighted by Gasteiger charge is 2.16. The Labute approximate surface area is 101 Å². The Kier molecular flexibility index (Phi) is 2.98. The van der Waals surface area contributed by atoms with E-state index in [1.807, 2.05) is 19.2 Å². The molecule has 0 amide bonds. The van der Waals surface area contributed by atoms with Gasteiger partial charge in [-0.25, -0.2) is 0 Å². The molecular weight excluding hydrogens is 216 g/mol. The number of hydrogen-bond donors (Lipinski definition) is 1. The van der Waals surface area contributed by atoms with Crippen LogP contribution >= 0.6 is 0 Å². The summed E-state index contributed by atoms with van der Waals surface area (Å²) in [7, 11) is 5.34. The molecule has 17 heavy (non-hydrogen) atoms. The number of benzene rings is 1. The SMILES string of the molecule is COc1cc(OC)c2c(c1)c(CN)c(C)n2C. The van der Waals surface area contributed by atoms with Gasteiger partial charge in [0, 0.05) is 30.7 Å². The molecule has 4 nitrogen and oxygen atoms in total. The zero-order valence-corrected chi connectivity index (χ0v) is 10.7. The Bertz CT molecular complexity index is 558. The van der Waals surface area contributed by atoms with Crippen molar-refractivity contribution >= 4 is 10.9 Å². The lowest BCUT2D eigenvalue weighted by Crippen LogP contribution is -1.99. The normalized spacial score (nSPS) is 10.9. The monoisotopic (exact) mass is 234 g/mol. The number of nitrogens with zero attached hydrogens (tertiary/aromatic N) is 1. The predicted octanol–water partition coefficient (Wildman–Crippen LogP) is 1.96. The molecule has 0 spiro atoms. The van der Waals surface area contributed by atoms with Crippen LogP contribution in [0.2, 0.25) is 0 Å². The standard InChI is InChI=1S/C13H18N2O2/c1-8-11(7-14)10-5-9(16-3)6-12(17-4)13(10)15(8)2/h5-6H,7,14H2,1-4H3. The van der Waals surface area contributed by atoms with Gasteiger partial charge >= 0.3 is 0 Å². The van der Waals surface area contributed by atoms with Gasteiger partial charge in [0.2, 0.25) is 0 Å². The number of nitrogens with two attached hydrogens (primary N) is 1. The molecule has 1 aromatic carbocycles. The fourth-order valence-electron chi connectivity index (χ4n) is 2.25. The minimum Gasteiger partial charge on any atom is -0.497 e. The summed E-state index contributed by atoms with van der Waals surface area (Å²) in [6, 6.07) is 3.90. The first kappa shape index (κ1) is 11.8. The van der Waals surface area contributed by atoms with Crippen molar-refractivity contribution in [1.29, 1.82) is 0 Å². The minimum atomic E-state index is 0.513. The smallest absolute Gasteiger partial charge is 0.146 e. The van der Waals surface area contributed by atoms with E-state index in [1.54, 1.807) is 14.2 Å². The average Bonchev–Trinajstić information content (AvgIpc) is 2.60. The van der Waals surface area contributed by atoms with E-state index in [0.29, 0.717) is 6.54 Å². The summed E-state index contributed by atoms with van der Waals surface area (Å²) in [4.78, 5) is 0. The molecule has 0 saturated heterocycles. The molecular formula is C13H18N2O2. The van der Waals surface area contributed by atoms with Gasteiger partial charge in [0.15, 0.2) is 0 Å². The van der Waals surface area contributed by atoms with Crippen LogP contribution in [-0.4, -0.2) is 18.8 Å². The lowest BCUT2D eigenvalue weighted by molar-refractivity contribution is 0.397. The molecule has 1 heterocycles. The van der Waals surface area contributed by atoms with Crippen molar-refractivity contribution in [2.24, 2.45) is 12.8 Å². The second kappa shape index (κ2) is 4.30. The highest BCUT2D eigenvalue weighted by molar-refractivity contribution is 5.91. The molecule has 0 atom stereocenters. The van der Waals surface area contributed by atoms with Crippen molar-refractivity contribution in [3.8, 4) is 11.5 Å². The molecule has 0 unspecified atom stereocenters. The Morgan fingerprint density at radius 3 is 2.47 bits per heavy atom. The van der Waals surface area contributed by atoms with Crippen molar-refractivity contribution in [1.82, 2.24) is 4.57 Å². The van der Waals surface area contributed by atoms with Crippen molar-refractivity contribution in [3.05, 3.63) is 23.4 Å².